The van der Waals surface area contributed by atoms with Crippen LogP contribution in [0.4, 0.5) is 14.5 Å². The van der Waals surface area contributed by atoms with E-state index >= 15 is 0 Å². The van der Waals surface area contributed by atoms with Crippen molar-refractivity contribution in [1.82, 2.24) is 0 Å². The third kappa shape index (κ3) is 5.15. The molecule has 0 aliphatic heterocycles. The van der Waals surface area contributed by atoms with Crippen LogP contribution >= 0.6 is 24.2 Å². The lowest BCUT2D eigenvalue weighted by atomic mass is 10.2. The highest BCUT2D eigenvalue weighted by atomic mass is 35.5. The first-order valence-corrected chi connectivity index (χ1v) is 6.97. The third-order valence-electron chi connectivity index (χ3n) is 2.47. The molecule has 0 heterocycles. The van der Waals surface area contributed by atoms with Gasteiger partial charge in [-0.1, -0.05) is 0 Å². The topological polar surface area (TPSA) is 64.3 Å². The number of rotatable bonds is 6. The Labute approximate surface area is 126 Å². The van der Waals surface area contributed by atoms with Crippen LogP contribution < -0.4 is 15.8 Å². The van der Waals surface area contributed by atoms with Crippen molar-refractivity contribution < 1.29 is 18.3 Å². The highest BCUT2D eigenvalue weighted by molar-refractivity contribution is 7.98. The van der Waals surface area contributed by atoms with Crippen molar-refractivity contribution >= 4 is 35.8 Å². The van der Waals surface area contributed by atoms with Crippen LogP contribution in [0.25, 0.3) is 0 Å². The molecule has 1 amide bonds. The molecule has 0 aliphatic carbocycles. The van der Waals surface area contributed by atoms with E-state index in [1.165, 1.54) is 7.11 Å². The molecule has 0 fully saturated rings. The first-order valence-electron chi connectivity index (χ1n) is 5.58. The van der Waals surface area contributed by atoms with E-state index < -0.39 is 23.6 Å². The Hall–Kier alpha value is -1.05. The average molecular weight is 327 g/mol. The van der Waals surface area contributed by atoms with E-state index in [0.29, 0.717) is 12.2 Å². The Bertz CT molecular complexity index is 463. The molecule has 3 N–H and O–H groups in total. The maximum Gasteiger partial charge on any atom is 0.241 e. The molecule has 114 valence electrons. The number of hydrogen-bond donors (Lipinski definition) is 2. The van der Waals surface area contributed by atoms with Gasteiger partial charge in [0.25, 0.3) is 0 Å². The Morgan fingerprint density at radius 2 is 2.10 bits per heavy atom. The number of benzene rings is 1. The van der Waals surface area contributed by atoms with Crippen molar-refractivity contribution in [2.45, 2.75) is 12.5 Å². The van der Waals surface area contributed by atoms with Crippen molar-refractivity contribution in [3.8, 4) is 5.75 Å². The molecule has 0 saturated carbocycles. The summed E-state index contributed by atoms with van der Waals surface area (Å²) in [6, 6.07) is 0.989. The summed E-state index contributed by atoms with van der Waals surface area (Å²) in [6.07, 6.45) is 2.36. The lowest BCUT2D eigenvalue weighted by Crippen LogP contribution is -2.36. The largest absolute Gasteiger partial charge is 0.494 e. The number of hydrogen-bond acceptors (Lipinski definition) is 4. The van der Waals surface area contributed by atoms with Crippen LogP contribution in [0, 0.1) is 11.6 Å². The highest BCUT2D eigenvalue weighted by Crippen LogP contribution is 2.24. The summed E-state index contributed by atoms with van der Waals surface area (Å²) in [7, 11) is 1.23. The van der Waals surface area contributed by atoms with E-state index in [1.807, 2.05) is 6.26 Å². The molecule has 0 unspecified atom stereocenters. The summed E-state index contributed by atoms with van der Waals surface area (Å²) >= 11 is 1.55. The van der Waals surface area contributed by atoms with E-state index in [4.69, 9.17) is 5.73 Å². The first kappa shape index (κ1) is 18.9. The minimum Gasteiger partial charge on any atom is -0.494 e. The molecule has 4 nitrogen and oxygen atoms in total. The number of nitrogens with two attached hydrogens (primary N) is 1. The summed E-state index contributed by atoms with van der Waals surface area (Å²) < 4.78 is 31.6. The molecule has 0 radical (unpaired) electrons. The molecule has 0 saturated heterocycles. The average Bonchev–Trinajstić information content (AvgIpc) is 2.39. The number of ether oxygens (including phenoxy) is 1. The lowest BCUT2D eigenvalue weighted by molar-refractivity contribution is -0.117. The molecule has 0 bridgehead atoms. The standard InChI is InChI=1S/C12H16F2N2O2S.ClH/c1-18-11-6-7(13)10(5-8(11)14)16-12(17)9(15)3-4-19-2;/h5-6,9H,3-4,15H2,1-2H3,(H,16,17);1H/t9-;/m0./s1. The molecule has 1 atom stereocenters. The van der Waals surface area contributed by atoms with Crippen LogP contribution in [-0.2, 0) is 4.79 Å². The normalized spacial score (nSPS) is 11.4. The van der Waals surface area contributed by atoms with Crippen LogP contribution in [0.5, 0.6) is 5.75 Å². The second kappa shape index (κ2) is 8.99. The SMILES string of the molecule is COc1cc(F)c(NC(=O)[C@@H](N)CCSC)cc1F.Cl. The third-order valence-corrected chi connectivity index (χ3v) is 3.11. The quantitative estimate of drug-likeness (QED) is 0.842. The van der Waals surface area contributed by atoms with Crippen LogP contribution in [0.1, 0.15) is 6.42 Å². The molecular formula is C12H17ClF2N2O2S. The summed E-state index contributed by atoms with van der Waals surface area (Å²) in [5, 5.41) is 2.27. The van der Waals surface area contributed by atoms with E-state index in [-0.39, 0.29) is 23.8 Å². The second-order valence-electron chi connectivity index (χ2n) is 3.84. The monoisotopic (exact) mass is 326 g/mol. The maximum absolute atomic E-state index is 13.6. The number of amides is 1. The molecule has 0 aliphatic rings. The fraction of sp³-hybridized carbons (Fsp3) is 0.417. The molecule has 1 aromatic rings. The van der Waals surface area contributed by atoms with Gasteiger partial charge in [-0.15, -0.1) is 12.4 Å². The van der Waals surface area contributed by atoms with Crippen molar-refractivity contribution in [2.75, 3.05) is 24.4 Å². The van der Waals surface area contributed by atoms with Gasteiger partial charge in [-0.25, -0.2) is 8.78 Å². The van der Waals surface area contributed by atoms with Crippen LogP contribution in [-0.4, -0.2) is 31.1 Å². The predicted octanol–water partition coefficient (Wildman–Crippen LogP) is 2.41. The number of carbonyl (C=O) groups is 1. The minimum atomic E-state index is -0.774. The number of nitrogens with one attached hydrogen (secondary N) is 1. The fourth-order valence-electron chi connectivity index (χ4n) is 1.38. The summed E-state index contributed by atoms with van der Waals surface area (Å²) in [5.74, 6) is -1.58. The summed E-state index contributed by atoms with van der Waals surface area (Å²) in [4.78, 5) is 11.7. The van der Waals surface area contributed by atoms with Gasteiger partial charge in [0.2, 0.25) is 5.91 Å². The summed E-state index contributed by atoms with van der Waals surface area (Å²) in [5.41, 5.74) is 5.38. The molecule has 0 aromatic heterocycles. The Morgan fingerprint density at radius 3 is 2.65 bits per heavy atom. The number of anilines is 1. The van der Waals surface area contributed by atoms with Gasteiger partial charge in [0.1, 0.15) is 0 Å². The van der Waals surface area contributed by atoms with E-state index in [9.17, 15) is 13.6 Å². The van der Waals surface area contributed by atoms with Crippen molar-refractivity contribution in [3.63, 3.8) is 0 Å². The molecule has 1 aromatic carbocycles. The van der Waals surface area contributed by atoms with Gasteiger partial charge in [-0.3, -0.25) is 4.79 Å². The van der Waals surface area contributed by atoms with Crippen LogP contribution in [0.2, 0.25) is 0 Å². The highest BCUT2D eigenvalue weighted by Gasteiger charge is 2.17. The summed E-state index contributed by atoms with van der Waals surface area (Å²) in [6.45, 7) is 0. The smallest absolute Gasteiger partial charge is 0.241 e. The molecule has 8 heteroatoms. The van der Waals surface area contributed by atoms with Gasteiger partial charge in [-0.2, -0.15) is 11.8 Å². The molecular weight excluding hydrogens is 310 g/mol. The molecule has 20 heavy (non-hydrogen) atoms. The number of methoxy groups -OCH3 is 1. The van der Waals surface area contributed by atoms with Crippen molar-refractivity contribution in [1.29, 1.82) is 0 Å². The zero-order chi connectivity index (χ0) is 14.4. The van der Waals surface area contributed by atoms with Gasteiger partial charge < -0.3 is 15.8 Å². The number of thioether (sulfide) groups is 1. The van der Waals surface area contributed by atoms with Crippen LogP contribution in [0.3, 0.4) is 0 Å². The van der Waals surface area contributed by atoms with Crippen LogP contribution in [0.15, 0.2) is 12.1 Å². The zero-order valence-electron chi connectivity index (χ0n) is 11.1. The van der Waals surface area contributed by atoms with E-state index in [0.717, 1.165) is 12.1 Å². The Balaban J connectivity index is 0.00000361. The van der Waals surface area contributed by atoms with Gasteiger partial charge in [0, 0.05) is 12.1 Å². The van der Waals surface area contributed by atoms with Gasteiger partial charge in [0.05, 0.1) is 18.8 Å². The van der Waals surface area contributed by atoms with Crippen molar-refractivity contribution in [3.05, 3.63) is 23.8 Å². The van der Waals surface area contributed by atoms with E-state index in [1.54, 1.807) is 11.8 Å². The maximum atomic E-state index is 13.6. The van der Waals surface area contributed by atoms with E-state index in [2.05, 4.69) is 10.1 Å². The predicted molar refractivity (Wildman–Crippen MR) is 79.8 cm³/mol. The fourth-order valence-corrected chi connectivity index (χ4v) is 1.87. The minimum absolute atomic E-state index is 0. The number of halogens is 3. The molecule has 0 spiro atoms. The Kier molecular flexibility index (Phi) is 8.52. The van der Waals surface area contributed by atoms with Gasteiger partial charge >= 0.3 is 0 Å². The van der Waals surface area contributed by atoms with Gasteiger partial charge in [0.15, 0.2) is 17.4 Å². The Morgan fingerprint density at radius 1 is 1.45 bits per heavy atom. The first-order chi connectivity index (χ1) is 8.99. The second-order valence-corrected chi connectivity index (χ2v) is 4.83. The van der Waals surface area contributed by atoms with Gasteiger partial charge in [-0.05, 0) is 18.4 Å². The van der Waals surface area contributed by atoms with Crippen molar-refractivity contribution in [2.24, 2.45) is 5.73 Å². The molecule has 1 rings (SSSR count). The number of carbonyl (C=O) groups excluding carboxylic acids is 1. The lowest BCUT2D eigenvalue weighted by Gasteiger charge is -2.13. The zero-order valence-corrected chi connectivity index (χ0v) is 12.7.